The Hall–Kier alpha value is -2.57. The fraction of sp³-hybridized carbons (Fsp3) is 0.435. The molecule has 1 amide bonds. The fourth-order valence-electron chi connectivity index (χ4n) is 3.54. The number of morpholine rings is 1. The average Bonchev–Trinajstić information content (AvgIpc) is 2.74. The lowest BCUT2D eigenvalue weighted by Gasteiger charge is -2.32. The molecule has 3 rings (SSSR count). The molecule has 0 unspecified atom stereocenters. The molecule has 2 aromatic rings. The third-order valence-corrected chi connectivity index (χ3v) is 5.33. The maximum Gasteiger partial charge on any atom is 0.258 e. The first kappa shape index (κ1) is 21.1. The average molecular weight is 399 g/mol. The first-order chi connectivity index (χ1) is 14.0. The minimum atomic E-state index is -0.104. The molecule has 0 spiro atoms. The minimum Gasteiger partial charge on any atom is -0.484 e. The molecular formula is C23H32N3O3+. The molecule has 6 nitrogen and oxygen atoms in total. The van der Waals surface area contributed by atoms with Gasteiger partial charge in [0.15, 0.2) is 6.61 Å². The third-order valence-electron chi connectivity index (χ3n) is 5.33. The lowest BCUT2D eigenvalue weighted by atomic mass is 10.0. The van der Waals surface area contributed by atoms with E-state index in [2.05, 4.69) is 34.5 Å². The molecule has 0 bridgehead atoms. The zero-order valence-electron chi connectivity index (χ0n) is 17.6. The Morgan fingerprint density at radius 3 is 2.38 bits per heavy atom. The van der Waals surface area contributed by atoms with Crippen molar-refractivity contribution in [1.82, 2.24) is 5.32 Å². The Labute approximate surface area is 173 Å². The number of nitrogens with one attached hydrogen (secondary N) is 2. The van der Waals surface area contributed by atoms with E-state index in [-0.39, 0.29) is 18.6 Å². The number of quaternary nitrogens is 1. The highest BCUT2D eigenvalue weighted by Gasteiger charge is 2.27. The first-order valence-electron chi connectivity index (χ1n) is 10.2. The molecular weight excluding hydrogens is 366 g/mol. The van der Waals surface area contributed by atoms with Crippen LogP contribution in [0.15, 0.2) is 48.5 Å². The zero-order valence-corrected chi connectivity index (χ0v) is 17.6. The number of anilines is 1. The van der Waals surface area contributed by atoms with Crippen LogP contribution in [0.25, 0.3) is 0 Å². The van der Waals surface area contributed by atoms with Crippen LogP contribution < -0.4 is 19.9 Å². The van der Waals surface area contributed by atoms with Crippen molar-refractivity contribution in [2.45, 2.75) is 13.0 Å². The van der Waals surface area contributed by atoms with E-state index in [0.717, 1.165) is 26.3 Å². The standard InChI is InChI=1S/C23H31N3O3/c1-18-4-10-21(11-5-18)29-17-23(27)24-16-22(26-12-14-28-15-13-26)19-6-8-20(9-7-19)25(2)3/h4-11,22H,12-17H2,1-3H3,(H,24,27)/p+1/t22-/m0/s1. The third kappa shape index (κ3) is 6.21. The normalized spacial score (nSPS) is 15.6. The maximum atomic E-state index is 12.4. The number of amides is 1. The quantitative estimate of drug-likeness (QED) is 0.702. The molecule has 1 aliphatic rings. The summed E-state index contributed by atoms with van der Waals surface area (Å²) >= 11 is 0. The van der Waals surface area contributed by atoms with Crippen LogP contribution in [0.5, 0.6) is 5.75 Å². The first-order valence-corrected chi connectivity index (χ1v) is 10.2. The maximum absolute atomic E-state index is 12.4. The molecule has 1 atom stereocenters. The predicted octanol–water partition coefficient (Wildman–Crippen LogP) is 1.21. The molecule has 1 fully saturated rings. The highest BCUT2D eigenvalue weighted by atomic mass is 16.5. The Bertz CT molecular complexity index is 769. The van der Waals surface area contributed by atoms with Gasteiger partial charge in [-0.25, -0.2) is 0 Å². The van der Waals surface area contributed by atoms with E-state index in [1.165, 1.54) is 21.7 Å². The van der Waals surface area contributed by atoms with Crippen LogP contribution in [-0.4, -0.2) is 59.5 Å². The second-order valence-electron chi connectivity index (χ2n) is 7.71. The summed E-state index contributed by atoms with van der Waals surface area (Å²) in [6.45, 7) is 6.01. The van der Waals surface area contributed by atoms with Gasteiger partial charge in [-0.2, -0.15) is 0 Å². The minimum absolute atomic E-state index is 0.0216. The van der Waals surface area contributed by atoms with Crippen LogP contribution in [-0.2, 0) is 9.53 Å². The fourth-order valence-corrected chi connectivity index (χ4v) is 3.54. The predicted molar refractivity (Wildman–Crippen MR) is 115 cm³/mol. The number of nitrogens with zero attached hydrogens (tertiary/aromatic N) is 1. The number of benzene rings is 2. The molecule has 0 radical (unpaired) electrons. The number of rotatable bonds is 8. The summed E-state index contributed by atoms with van der Waals surface area (Å²) in [5.41, 5.74) is 3.56. The highest BCUT2D eigenvalue weighted by Crippen LogP contribution is 2.16. The van der Waals surface area contributed by atoms with Crippen molar-refractivity contribution in [2.24, 2.45) is 0 Å². The monoisotopic (exact) mass is 398 g/mol. The van der Waals surface area contributed by atoms with Crippen LogP contribution in [0.2, 0.25) is 0 Å². The van der Waals surface area contributed by atoms with Gasteiger partial charge >= 0.3 is 0 Å². The van der Waals surface area contributed by atoms with Crippen molar-refractivity contribution in [1.29, 1.82) is 0 Å². The Morgan fingerprint density at radius 1 is 1.10 bits per heavy atom. The smallest absolute Gasteiger partial charge is 0.258 e. The van der Waals surface area contributed by atoms with Gasteiger partial charge in [0.25, 0.3) is 5.91 Å². The molecule has 0 saturated carbocycles. The molecule has 29 heavy (non-hydrogen) atoms. The van der Waals surface area contributed by atoms with E-state index in [0.29, 0.717) is 12.3 Å². The number of carbonyl (C=O) groups excluding carboxylic acids is 1. The summed E-state index contributed by atoms with van der Waals surface area (Å²) in [5.74, 6) is 0.605. The van der Waals surface area contributed by atoms with Gasteiger partial charge < -0.3 is 24.6 Å². The SMILES string of the molecule is Cc1ccc(OCC(=O)NC[C@@H](c2ccc(N(C)C)cc2)[NH+]2CCOCC2)cc1. The molecule has 1 heterocycles. The Kier molecular flexibility index (Phi) is 7.49. The number of hydrogen-bond acceptors (Lipinski definition) is 4. The summed E-state index contributed by atoms with van der Waals surface area (Å²) in [6.07, 6.45) is 0. The topological polar surface area (TPSA) is 55.2 Å². The van der Waals surface area contributed by atoms with E-state index >= 15 is 0 Å². The molecule has 0 aromatic heterocycles. The second-order valence-corrected chi connectivity index (χ2v) is 7.71. The van der Waals surface area contributed by atoms with Crippen molar-refractivity contribution in [3.8, 4) is 5.75 Å². The van der Waals surface area contributed by atoms with Gasteiger partial charge in [0.1, 0.15) is 24.9 Å². The largest absolute Gasteiger partial charge is 0.484 e. The van der Waals surface area contributed by atoms with Gasteiger partial charge in [-0.05, 0) is 31.2 Å². The number of hydrogen-bond donors (Lipinski definition) is 2. The van der Waals surface area contributed by atoms with Gasteiger partial charge in [0.2, 0.25) is 0 Å². The van der Waals surface area contributed by atoms with Crippen molar-refractivity contribution in [3.63, 3.8) is 0 Å². The summed E-state index contributed by atoms with van der Waals surface area (Å²) in [5, 5.41) is 3.06. The van der Waals surface area contributed by atoms with E-state index in [4.69, 9.17) is 9.47 Å². The van der Waals surface area contributed by atoms with Gasteiger partial charge in [0, 0.05) is 25.3 Å². The van der Waals surface area contributed by atoms with Gasteiger partial charge in [-0.1, -0.05) is 29.8 Å². The summed E-state index contributed by atoms with van der Waals surface area (Å²) in [6, 6.07) is 16.5. The van der Waals surface area contributed by atoms with E-state index in [9.17, 15) is 4.79 Å². The number of ether oxygens (including phenoxy) is 2. The molecule has 156 valence electrons. The van der Waals surface area contributed by atoms with Crippen LogP contribution in [0.1, 0.15) is 17.2 Å². The van der Waals surface area contributed by atoms with Crippen molar-refractivity contribution in [3.05, 3.63) is 59.7 Å². The van der Waals surface area contributed by atoms with Crippen LogP contribution in [0.3, 0.4) is 0 Å². The number of aryl methyl sites for hydroxylation is 1. The zero-order chi connectivity index (χ0) is 20.6. The van der Waals surface area contributed by atoms with Crippen LogP contribution in [0.4, 0.5) is 5.69 Å². The molecule has 6 heteroatoms. The molecule has 1 saturated heterocycles. The molecule has 2 N–H and O–H groups in total. The Morgan fingerprint density at radius 2 is 1.76 bits per heavy atom. The number of carbonyl (C=O) groups is 1. The van der Waals surface area contributed by atoms with Crippen molar-refractivity contribution < 1.29 is 19.2 Å². The van der Waals surface area contributed by atoms with Gasteiger partial charge in [-0.3, -0.25) is 4.79 Å². The summed E-state index contributed by atoms with van der Waals surface area (Å²) in [7, 11) is 4.07. The second kappa shape index (κ2) is 10.3. The van der Waals surface area contributed by atoms with Gasteiger partial charge in [0.05, 0.1) is 19.8 Å². The molecule has 2 aromatic carbocycles. The van der Waals surface area contributed by atoms with E-state index in [1.807, 2.05) is 45.3 Å². The van der Waals surface area contributed by atoms with Gasteiger partial charge in [-0.15, -0.1) is 0 Å². The van der Waals surface area contributed by atoms with Crippen LogP contribution >= 0.6 is 0 Å². The van der Waals surface area contributed by atoms with Crippen molar-refractivity contribution in [2.75, 3.05) is 58.5 Å². The summed E-state index contributed by atoms with van der Waals surface area (Å²) < 4.78 is 11.1. The molecule has 1 aliphatic heterocycles. The van der Waals surface area contributed by atoms with E-state index < -0.39 is 0 Å². The van der Waals surface area contributed by atoms with Crippen molar-refractivity contribution >= 4 is 11.6 Å². The van der Waals surface area contributed by atoms with E-state index in [1.54, 1.807) is 0 Å². The molecule has 0 aliphatic carbocycles. The lowest BCUT2D eigenvalue weighted by molar-refractivity contribution is -0.937. The lowest BCUT2D eigenvalue weighted by Crippen LogP contribution is -3.15. The van der Waals surface area contributed by atoms with Crippen LogP contribution in [0, 0.1) is 6.92 Å². The highest BCUT2D eigenvalue weighted by molar-refractivity contribution is 5.77. The summed E-state index contributed by atoms with van der Waals surface area (Å²) in [4.78, 5) is 15.9. The Balaban J connectivity index is 1.60.